The summed E-state index contributed by atoms with van der Waals surface area (Å²) in [5.74, 6) is -6.30. The molecule has 7 nitrogen and oxygen atoms in total. The van der Waals surface area contributed by atoms with Crippen LogP contribution in [0.2, 0.25) is 5.02 Å². The fourth-order valence-electron chi connectivity index (χ4n) is 4.40. The first-order chi connectivity index (χ1) is 16.3. The molecule has 1 saturated heterocycles. The lowest BCUT2D eigenvalue weighted by molar-refractivity contribution is -0.147. The summed E-state index contributed by atoms with van der Waals surface area (Å²) in [6, 6.07) is 8.88. The highest BCUT2D eigenvalue weighted by Gasteiger charge is 2.44. The third-order valence-electron chi connectivity index (χ3n) is 6.57. The second-order valence-corrected chi connectivity index (χ2v) is 9.75. The van der Waals surface area contributed by atoms with Crippen LogP contribution < -0.4 is 5.32 Å². The molecule has 2 aliphatic heterocycles. The van der Waals surface area contributed by atoms with E-state index in [9.17, 15) is 28.0 Å². The van der Waals surface area contributed by atoms with Crippen LogP contribution in [0.25, 0.3) is 0 Å². The predicted molar refractivity (Wildman–Crippen MR) is 132 cm³/mol. The number of alkyl halides is 2. The van der Waals surface area contributed by atoms with Gasteiger partial charge in [0.1, 0.15) is 21.7 Å². The number of piperidine rings is 1. The van der Waals surface area contributed by atoms with Crippen molar-refractivity contribution in [3.05, 3.63) is 69.7 Å². The minimum Gasteiger partial charge on any atom is -0.357 e. The highest BCUT2D eigenvalue weighted by Crippen LogP contribution is 2.33. The Kier molecular flexibility index (Phi) is 6.29. The number of nitrogens with zero attached hydrogens (tertiary/aromatic N) is 2. The monoisotopic (exact) mass is 497 g/mol. The van der Waals surface area contributed by atoms with Gasteiger partial charge in [-0.3, -0.25) is 19.2 Å². The average molecular weight is 497 g/mol. The van der Waals surface area contributed by atoms with Crippen molar-refractivity contribution in [2.75, 3.05) is 0 Å². The maximum atomic E-state index is 14.8. The van der Waals surface area contributed by atoms with Crippen molar-refractivity contribution in [2.24, 2.45) is 0 Å². The van der Waals surface area contributed by atoms with Crippen LogP contribution in [0.5, 0.6) is 0 Å². The first-order valence-electron chi connectivity index (χ1n) is 11.0. The van der Waals surface area contributed by atoms with E-state index >= 15 is 0 Å². The molecular weight excluding hydrogens is 476 g/mol. The zero-order valence-electron chi connectivity index (χ0n) is 19.4. The minimum atomic E-state index is -3.78. The smallest absolute Gasteiger partial charge is 0.349 e. The minimum absolute atomic E-state index is 0.144. The number of hydrogen-bond donors (Lipinski definition) is 1. The zero-order chi connectivity index (χ0) is 25.7. The van der Waals surface area contributed by atoms with E-state index < -0.39 is 34.7 Å². The van der Waals surface area contributed by atoms with Crippen molar-refractivity contribution in [3.8, 4) is 0 Å². The summed E-state index contributed by atoms with van der Waals surface area (Å²) >= 11 is 5.76. The molecule has 178 valence electrons. The SMILES string of the molecule is BN1C(=O)CCC(N2Cc3cc(C(B)(B)NC(=O)C(F)(F)c4ccc(Cl)cc4)ccc3C2=O)C1=O. The van der Waals surface area contributed by atoms with Gasteiger partial charge in [-0.05, 0) is 35.7 Å². The number of amides is 4. The third-order valence-corrected chi connectivity index (χ3v) is 6.83. The number of carbonyl (C=O) groups excluding carboxylic acids is 4. The van der Waals surface area contributed by atoms with E-state index in [0.717, 1.165) is 16.9 Å². The Labute approximate surface area is 208 Å². The summed E-state index contributed by atoms with van der Waals surface area (Å²) in [5.41, 5.74) is 1.06. The Morgan fingerprint density at radius 3 is 2.34 bits per heavy atom. The van der Waals surface area contributed by atoms with Crippen LogP contribution >= 0.6 is 11.6 Å². The predicted octanol–water partition coefficient (Wildman–Crippen LogP) is -0.354. The fourth-order valence-corrected chi connectivity index (χ4v) is 4.52. The highest BCUT2D eigenvalue weighted by molar-refractivity contribution is 6.40. The quantitative estimate of drug-likeness (QED) is 0.452. The molecule has 1 N–H and O–H groups in total. The molecule has 2 aromatic rings. The summed E-state index contributed by atoms with van der Waals surface area (Å²) < 4.78 is 29.6. The molecule has 0 bridgehead atoms. The standard InChI is InChI=1S/C22H21B3ClF2N3O4/c23-22(24,29-20(35)21(27,28)12-1-4-14(26)5-2-12)13-3-6-15-11(9-13)10-30(18(15)33)16-7-8-17(32)31(25)19(16)34/h1-6,9,16H,7-8,10,23-25H2,(H,29,35). The summed E-state index contributed by atoms with van der Waals surface area (Å²) in [5, 5.41) is 1.49. The second-order valence-electron chi connectivity index (χ2n) is 9.31. The zero-order valence-corrected chi connectivity index (χ0v) is 20.2. The summed E-state index contributed by atoms with van der Waals surface area (Å²) in [6.45, 7) is 0.144. The Balaban J connectivity index is 1.54. The number of halogens is 3. The fraction of sp³-hybridized carbons (Fsp3) is 0.273. The van der Waals surface area contributed by atoms with Crippen LogP contribution in [0.1, 0.15) is 39.9 Å². The van der Waals surface area contributed by atoms with Crippen LogP contribution in [-0.2, 0) is 32.2 Å². The maximum absolute atomic E-state index is 14.8. The summed E-state index contributed by atoms with van der Waals surface area (Å²) in [4.78, 5) is 52.4. The normalized spacial score (nSPS) is 18.6. The number of fused-ring (bicyclic) bond motifs is 1. The van der Waals surface area contributed by atoms with Gasteiger partial charge < -0.3 is 15.0 Å². The average Bonchev–Trinajstić information content (AvgIpc) is 3.13. The van der Waals surface area contributed by atoms with E-state index in [2.05, 4.69) is 5.32 Å². The number of benzene rings is 2. The molecule has 2 aliphatic rings. The van der Waals surface area contributed by atoms with E-state index in [-0.39, 0.29) is 36.2 Å². The molecule has 0 spiro atoms. The van der Waals surface area contributed by atoms with Gasteiger partial charge in [0.15, 0.2) is 0 Å². The van der Waals surface area contributed by atoms with E-state index in [1.165, 1.54) is 25.0 Å². The molecule has 2 aromatic carbocycles. The van der Waals surface area contributed by atoms with Crippen molar-refractivity contribution in [3.63, 3.8) is 0 Å². The van der Waals surface area contributed by atoms with E-state index in [1.807, 2.05) is 0 Å². The first-order valence-corrected chi connectivity index (χ1v) is 11.4. The molecule has 1 fully saturated rings. The molecule has 0 saturated carbocycles. The van der Waals surface area contributed by atoms with Crippen molar-refractivity contribution < 1.29 is 28.0 Å². The van der Waals surface area contributed by atoms with Gasteiger partial charge in [-0.25, -0.2) is 0 Å². The van der Waals surface area contributed by atoms with Crippen molar-refractivity contribution in [1.29, 1.82) is 0 Å². The number of rotatable bonds is 5. The second kappa shape index (κ2) is 8.82. The Morgan fingerprint density at radius 1 is 1.06 bits per heavy atom. The molecular formula is C22H21B3ClF2N3O4. The number of nitrogens with one attached hydrogen (secondary N) is 1. The lowest BCUT2D eigenvalue weighted by Crippen LogP contribution is -2.53. The molecule has 0 radical (unpaired) electrons. The van der Waals surface area contributed by atoms with E-state index in [4.69, 9.17) is 11.6 Å². The molecule has 1 atom stereocenters. The van der Waals surface area contributed by atoms with Gasteiger partial charge in [0, 0.05) is 34.5 Å². The van der Waals surface area contributed by atoms with Crippen LogP contribution in [-0.4, -0.2) is 63.1 Å². The largest absolute Gasteiger partial charge is 0.357 e. The van der Waals surface area contributed by atoms with Gasteiger partial charge in [0.05, 0.1) is 0 Å². The molecule has 2 heterocycles. The number of imide groups is 1. The number of hydrogen-bond acceptors (Lipinski definition) is 4. The Morgan fingerprint density at radius 2 is 1.69 bits per heavy atom. The molecule has 1 unspecified atom stereocenters. The van der Waals surface area contributed by atoms with Crippen molar-refractivity contribution in [1.82, 2.24) is 15.0 Å². The van der Waals surface area contributed by atoms with Crippen LogP contribution in [0.15, 0.2) is 42.5 Å². The Bertz CT molecular complexity index is 1240. The van der Waals surface area contributed by atoms with Gasteiger partial charge in [-0.1, -0.05) is 35.9 Å². The molecule has 0 aliphatic carbocycles. The summed E-state index contributed by atoms with van der Waals surface area (Å²) in [6.07, 6.45) is 0.412. The van der Waals surface area contributed by atoms with Gasteiger partial charge in [0.25, 0.3) is 11.8 Å². The molecule has 4 rings (SSSR count). The lowest BCUT2D eigenvalue weighted by atomic mass is 9.57. The van der Waals surface area contributed by atoms with Gasteiger partial charge in [-0.2, -0.15) is 8.78 Å². The summed E-state index contributed by atoms with van der Waals surface area (Å²) in [7, 11) is 4.57. The van der Waals surface area contributed by atoms with Gasteiger partial charge in [0.2, 0.25) is 19.8 Å². The van der Waals surface area contributed by atoms with Crippen LogP contribution in [0.4, 0.5) is 8.78 Å². The number of carbonyl (C=O) groups is 4. The van der Waals surface area contributed by atoms with Crippen molar-refractivity contribution >= 4 is 58.9 Å². The van der Waals surface area contributed by atoms with Crippen LogP contribution in [0.3, 0.4) is 0 Å². The van der Waals surface area contributed by atoms with Crippen LogP contribution in [0, 0.1) is 0 Å². The molecule has 0 aromatic heterocycles. The third kappa shape index (κ3) is 4.47. The molecule has 35 heavy (non-hydrogen) atoms. The molecule has 13 heteroatoms. The van der Waals surface area contributed by atoms with Gasteiger partial charge >= 0.3 is 5.92 Å². The topological polar surface area (TPSA) is 86.8 Å². The lowest BCUT2D eigenvalue weighted by Gasteiger charge is -2.34. The first kappa shape index (κ1) is 25.0. The highest BCUT2D eigenvalue weighted by atomic mass is 35.5. The molecule has 4 amide bonds. The Hall–Kier alpha value is -3.14. The van der Waals surface area contributed by atoms with E-state index in [0.29, 0.717) is 16.7 Å². The van der Waals surface area contributed by atoms with Gasteiger partial charge in [-0.15, -0.1) is 0 Å². The van der Waals surface area contributed by atoms with E-state index in [1.54, 1.807) is 33.9 Å². The maximum Gasteiger partial charge on any atom is 0.349 e. The van der Waals surface area contributed by atoms with Crippen molar-refractivity contribution in [2.45, 2.75) is 36.7 Å².